The van der Waals surface area contributed by atoms with Crippen LogP contribution in [0.3, 0.4) is 0 Å². The summed E-state index contributed by atoms with van der Waals surface area (Å²) < 4.78 is 5.87. The number of benzene rings is 1. The average molecular weight is 260 g/mol. The molecule has 1 atom stereocenters. The third-order valence-corrected chi connectivity index (χ3v) is 3.71. The van der Waals surface area contributed by atoms with Gasteiger partial charge in [-0.1, -0.05) is 11.6 Å². The standard InChI is InChI=1S/C12H14ClNO.ClH/c13-11-4-7-2-1-3-9(7)12-10(11)5-8(6-14)15-12;/h4,8H,1-3,5-6,14H2;1H. The number of aryl methyl sites for hydroxylation is 1. The van der Waals surface area contributed by atoms with Gasteiger partial charge in [0, 0.05) is 23.6 Å². The van der Waals surface area contributed by atoms with E-state index in [-0.39, 0.29) is 18.5 Å². The molecule has 0 spiro atoms. The third kappa shape index (κ3) is 1.69. The molecule has 0 amide bonds. The Morgan fingerprint density at radius 3 is 2.94 bits per heavy atom. The highest BCUT2D eigenvalue weighted by Gasteiger charge is 2.29. The second-order valence-corrected chi connectivity index (χ2v) is 4.74. The summed E-state index contributed by atoms with van der Waals surface area (Å²) in [4.78, 5) is 0. The summed E-state index contributed by atoms with van der Waals surface area (Å²) in [5, 5.41) is 0.863. The molecule has 0 bridgehead atoms. The van der Waals surface area contributed by atoms with Gasteiger partial charge in [-0.25, -0.2) is 0 Å². The number of halogens is 2. The van der Waals surface area contributed by atoms with E-state index in [2.05, 4.69) is 6.07 Å². The molecule has 88 valence electrons. The zero-order valence-corrected chi connectivity index (χ0v) is 10.5. The van der Waals surface area contributed by atoms with Crippen molar-refractivity contribution in [2.45, 2.75) is 31.8 Å². The van der Waals surface area contributed by atoms with Crippen molar-refractivity contribution in [3.8, 4) is 5.75 Å². The molecular formula is C12H15Cl2NO. The molecule has 1 aliphatic heterocycles. The monoisotopic (exact) mass is 259 g/mol. The minimum Gasteiger partial charge on any atom is -0.488 e. The molecule has 3 rings (SSSR count). The van der Waals surface area contributed by atoms with Gasteiger partial charge in [0.25, 0.3) is 0 Å². The zero-order chi connectivity index (χ0) is 10.4. The van der Waals surface area contributed by atoms with Crippen LogP contribution in [0.5, 0.6) is 5.75 Å². The Morgan fingerprint density at radius 2 is 2.19 bits per heavy atom. The van der Waals surface area contributed by atoms with Gasteiger partial charge in [0.05, 0.1) is 0 Å². The first-order chi connectivity index (χ1) is 7.29. The Labute approximate surface area is 107 Å². The second kappa shape index (κ2) is 4.44. The molecule has 4 heteroatoms. The topological polar surface area (TPSA) is 35.2 Å². The first-order valence-corrected chi connectivity index (χ1v) is 5.87. The van der Waals surface area contributed by atoms with Crippen molar-refractivity contribution in [1.29, 1.82) is 0 Å². The van der Waals surface area contributed by atoms with Crippen molar-refractivity contribution in [3.63, 3.8) is 0 Å². The number of fused-ring (bicyclic) bond motifs is 3. The van der Waals surface area contributed by atoms with Gasteiger partial charge >= 0.3 is 0 Å². The summed E-state index contributed by atoms with van der Waals surface area (Å²) in [6.07, 6.45) is 4.49. The molecule has 2 aliphatic rings. The number of ether oxygens (including phenoxy) is 1. The van der Waals surface area contributed by atoms with Crippen LogP contribution in [0, 0.1) is 0 Å². The molecule has 1 unspecified atom stereocenters. The molecular weight excluding hydrogens is 245 g/mol. The minimum absolute atomic E-state index is 0. The molecule has 0 fully saturated rings. The van der Waals surface area contributed by atoms with E-state index < -0.39 is 0 Å². The van der Waals surface area contributed by atoms with Crippen molar-refractivity contribution in [2.75, 3.05) is 6.54 Å². The quantitative estimate of drug-likeness (QED) is 0.842. The Balaban J connectivity index is 0.000000963. The molecule has 0 aromatic heterocycles. The maximum Gasteiger partial charge on any atom is 0.128 e. The summed E-state index contributed by atoms with van der Waals surface area (Å²) >= 11 is 6.25. The van der Waals surface area contributed by atoms with Crippen LogP contribution >= 0.6 is 24.0 Å². The highest BCUT2D eigenvalue weighted by atomic mass is 35.5. The predicted molar refractivity (Wildman–Crippen MR) is 67.9 cm³/mol. The number of rotatable bonds is 1. The highest BCUT2D eigenvalue weighted by molar-refractivity contribution is 6.31. The summed E-state index contributed by atoms with van der Waals surface area (Å²) in [6.45, 7) is 0.569. The van der Waals surface area contributed by atoms with Crippen LogP contribution in [-0.4, -0.2) is 12.6 Å². The fraction of sp³-hybridized carbons (Fsp3) is 0.500. The van der Waals surface area contributed by atoms with E-state index in [0.29, 0.717) is 6.54 Å². The van der Waals surface area contributed by atoms with Gasteiger partial charge in [-0.3, -0.25) is 0 Å². The Morgan fingerprint density at radius 1 is 1.38 bits per heavy atom. The fourth-order valence-electron chi connectivity index (χ4n) is 2.62. The molecule has 2 nitrogen and oxygen atoms in total. The zero-order valence-electron chi connectivity index (χ0n) is 8.96. The summed E-state index contributed by atoms with van der Waals surface area (Å²) in [7, 11) is 0. The first-order valence-electron chi connectivity index (χ1n) is 5.49. The summed E-state index contributed by atoms with van der Waals surface area (Å²) in [5.41, 5.74) is 9.57. The van der Waals surface area contributed by atoms with Gasteiger partial charge < -0.3 is 10.5 Å². The van der Waals surface area contributed by atoms with Crippen molar-refractivity contribution in [1.82, 2.24) is 0 Å². The van der Waals surface area contributed by atoms with E-state index in [9.17, 15) is 0 Å². The molecule has 0 saturated heterocycles. The first kappa shape index (κ1) is 12.0. The molecule has 1 aromatic carbocycles. The summed E-state index contributed by atoms with van der Waals surface area (Å²) in [6, 6.07) is 2.12. The van der Waals surface area contributed by atoms with Crippen LogP contribution in [0.25, 0.3) is 0 Å². The molecule has 1 aromatic rings. The van der Waals surface area contributed by atoms with Gasteiger partial charge in [-0.15, -0.1) is 12.4 Å². The van der Waals surface area contributed by atoms with Crippen LogP contribution in [0.15, 0.2) is 6.07 Å². The minimum atomic E-state index is 0. The molecule has 16 heavy (non-hydrogen) atoms. The Hall–Kier alpha value is -0.440. The van der Waals surface area contributed by atoms with Crippen LogP contribution in [0.2, 0.25) is 5.02 Å². The number of hydrogen-bond acceptors (Lipinski definition) is 2. The van der Waals surface area contributed by atoms with Crippen LogP contribution in [0.4, 0.5) is 0 Å². The lowest BCUT2D eigenvalue weighted by Gasteiger charge is -2.10. The Kier molecular flexibility index (Phi) is 3.34. The molecule has 1 heterocycles. The lowest BCUT2D eigenvalue weighted by Crippen LogP contribution is -2.24. The number of nitrogens with two attached hydrogens (primary N) is 1. The fourth-order valence-corrected chi connectivity index (χ4v) is 2.91. The van der Waals surface area contributed by atoms with E-state index in [0.717, 1.165) is 30.0 Å². The normalized spacial score (nSPS) is 21.0. The lowest BCUT2D eigenvalue weighted by atomic mass is 10.0. The smallest absolute Gasteiger partial charge is 0.128 e. The number of hydrogen-bond donors (Lipinski definition) is 1. The second-order valence-electron chi connectivity index (χ2n) is 4.34. The summed E-state index contributed by atoms with van der Waals surface area (Å²) in [5.74, 6) is 1.05. The van der Waals surface area contributed by atoms with E-state index in [1.54, 1.807) is 0 Å². The highest BCUT2D eigenvalue weighted by Crippen LogP contribution is 2.42. The van der Waals surface area contributed by atoms with Gasteiger partial charge in [0.15, 0.2) is 0 Å². The third-order valence-electron chi connectivity index (χ3n) is 3.38. The van der Waals surface area contributed by atoms with Gasteiger partial charge in [0.1, 0.15) is 11.9 Å². The van der Waals surface area contributed by atoms with E-state index in [1.807, 2.05) is 0 Å². The van der Waals surface area contributed by atoms with Crippen molar-refractivity contribution >= 4 is 24.0 Å². The van der Waals surface area contributed by atoms with Crippen LogP contribution < -0.4 is 10.5 Å². The van der Waals surface area contributed by atoms with Crippen LogP contribution in [0.1, 0.15) is 23.1 Å². The van der Waals surface area contributed by atoms with Crippen molar-refractivity contribution in [2.24, 2.45) is 5.73 Å². The molecule has 2 N–H and O–H groups in total. The Bertz CT molecular complexity index is 420. The molecule has 1 aliphatic carbocycles. The lowest BCUT2D eigenvalue weighted by molar-refractivity contribution is 0.239. The van der Waals surface area contributed by atoms with Crippen LogP contribution in [-0.2, 0) is 19.3 Å². The molecule has 0 saturated carbocycles. The van der Waals surface area contributed by atoms with E-state index in [4.69, 9.17) is 22.1 Å². The average Bonchev–Trinajstić information content (AvgIpc) is 2.81. The largest absolute Gasteiger partial charge is 0.488 e. The molecule has 0 radical (unpaired) electrons. The van der Waals surface area contributed by atoms with Crippen molar-refractivity contribution in [3.05, 3.63) is 27.8 Å². The maximum atomic E-state index is 6.25. The van der Waals surface area contributed by atoms with Gasteiger partial charge in [-0.2, -0.15) is 0 Å². The van der Waals surface area contributed by atoms with Gasteiger partial charge in [-0.05, 0) is 36.5 Å². The maximum absolute atomic E-state index is 6.25. The van der Waals surface area contributed by atoms with E-state index in [1.165, 1.54) is 23.1 Å². The van der Waals surface area contributed by atoms with E-state index >= 15 is 0 Å². The predicted octanol–water partition coefficient (Wildman–Crippen LogP) is 2.51. The van der Waals surface area contributed by atoms with Gasteiger partial charge in [0.2, 0.25) is 0 Å². The SMILES string of the molecule is Cl.NCC1Cc2c(Cl)cc3c(c2O1)CCC3. The van der Waals surface area contributed by atoms with Crippen molar-refractivity contribution < 1.29 is 4.74 Å².